The van der Waals surface area contributed by atoms with Gasteiger partial charge < -0.3 is 9.84 Å². The molecular weight excluding hydrogens is 156 g/mol. The van der Waals surface area contributed by atoms with Gasteiger partial charge >= 0.3 is 5.97 Å². The highest BCUT2D eigenvalue weighted by molar-refractivity contribution is 5.76. The Hall–Kier alpha value is -1.35. The van der Waals surface area contributed by atoms with Crippen molar-refractivity contribution in [2.75, 3.05) is 0 Å². The molecule has 0 aliphatic carbocycles. The predicted octanol–water partition coefficient (Wildman–Crippen LogP) is 1.05. The standard InChI is InChI=1S/C9H9O3/c1-12-9(11)8(10)7-5-3-2-4-6-7/h2-6,8,10H,1H2. The summed E-state index contributed by atoms with van der Waals surface area (Å²) >= 11 is 0. The van der Waals surface area contributed by atoms with Crippen molar-refractivity contribution in [3.63, 3.8) is 0 Å². The molecule has 12 heavy (non-hydrogen) atoms. The first-order chi connectivity index (χ1) is 5.75. The molecule has 1 N–H and O–H groups in total. The lowest BCUT2D eigenvalue weighted by molar-refractivity contribution is -0.148. The molecule has 1 atom stereocenters. The van der Waals surface area contributed by atoms with E-state index in [1.54, 1.807) is 30.3 Å². The quantitative estimate of drug-likeness (QED) is 0.666. The topological polar surface area (TPSA) is 46.5 Å². The van der Waals surface area contributed by atoms with Gasteiger partial charge in [0.1, 0.15) is 7.11 Å². The van der Waals surface area contributed by atoms with Crippen LogP contribution in [-0.4, -0.2) is 11.1 Å². The Morgan fingerprint density at radius 2 is 2.00 bits per heavy atom. The number of ether oxygens (including phenoxy) is 1. The summed E-state index contributed by atoms with van der Waals surface area (Å²) in [6.07, 6.45) is -1.23. The van der Waals surface area contributed by atoms with E-state index in [1.807, 2.05) is 0 Å². The van der Waals surface area contributed by atoms with Crippen LogP contribution in [0.2, 0.25) is 0 Å². The van der Waals surface area contributed by atoms with Crippen molar-refractivity contribution in [1.29, 1.82) is 0 Å². The zero-order valence-electron chi connectivity index (χ0n) is 6.43. The van der Waals surface area contributed by atoms with E-state index in [1.165, 1.54) is 0 Å². The van der Waals surface area contributed by atoms with Gasteiger partial charge in [-0.3, -0.25) is 0 Å². The average Bonchev–Trinajstić information content (AvgIpc) is 2.17. The van der Waals surface area contributed by atoms with Crippen molar-refractivity contribution in [3.8, 4) is 0 Å². The third-order valence-corrected chi connectivity index (χ3v) is 1.48. The van der Waals surface area contributed by atoms with Crippen molar-refractivity contribution in [3.05, 3.63) is 43.0 Å². The molecule has 0 amide bonds. The van der Waals surface area contributed by atoms with Gasteiger partial charge in [-0.25, -0.2) is 4.79 Å². The third-order valence-electron chi connectivity index (χ3n) is 1.48. The van der Waals surface area contributed by atoms with Gasteiger partial charge in [0.05, 0.1) is 0 Å². The summed E-state index contributed by atoms with van der Waals surface area (Å²) in [5.74, 6) is -0.749. The van der Waals surface area contributed by atoms with Crippen molar-refractivity contribution in [2.24, 2.45) is 0 Å². The van der Waals surface area contributed by atoms with Gasteiger partial charge in [0.25, 0.3) is 0 Å². The summed E-state index contributed by atoms with van der Waals surface area (Å²) < 4.78 is 4.13. The minimum atomic E-state index is -1.23. The molecule has 1 radical (unpaired) electrons. The number of aliphatic hydroxyl groups is 1. The SMILES string of the molecule is [CH2]OC(=O)C(O)c1ccccc1. The summed E-state index contributed by atoms with van der Waals surface area (Å²) in [5, 5.41) is 9.27. The van der Waals surface area contributed by atoms with E-state index in [9.17, 15) is 9.90 Å². The molecule has 0 fully saturated rings. The van der Waals surface area contributed by atoms with Crippen LogP contribution in [0.3, 0.4) is 0 Å². The van der Waals surface area contributed by atoms with Crippen molar-refractivity contribution < 1.29 is 14.6 Å². The number of esters is 1. The summed E-state index contributed by atoms with van der Waals surface area (Å²) in [6.45, 7) is 0. The molecule has 1 unspecified atom stereocenters. The average molecular weight is 165 g/mol. The first-order valence-electron chi connectivity index (χ1n) is 3.44. The lowest BCUT2D eigenvalue weighted by atomic mass is 10.1. The molecule has 0 aromatic heterocycles. The fraction of sp³-hybridized carbons (Fsp3) is 0.111. The normalized spacial score (nSPS) is 12.2. The molecule has 1 rings (SSSR count). The zero-order chi connectivity index (χ0) is 8.97. The van der Waals surface area contributed by atoms with Crippen LogP contribution in [0.1, 0.15) is 11.7 Å². The molecule has 0 saturated heterocycles. The number of benzene rings is 1. The number of rotatable bonds is 2. The Labute approximate surface area is 70.6 Å². The van der Waals surface area contributed by atoms with Gasteiger partial charge in [-0.05, 0) is 5.56 Å². The Bertz CT molecular complexity index is 256. The van der Waals surface area contributed by atoms with E-state index < -0.39 is 12.1 Å². The lowest BCUT2D eigenvalue weighted by Gasteiger charge is -2.06. The number of hydrogen-bond donors (Lipinski definition) is 1. The molecule has 3 nitrogen and oxygen atoms in total. The molecule has 1 aromatic rings. The Morgan fingerprint density at radius 3 is 2.50 bits per heavy atom. The van der Waals surface area contributed by atoms with Gasteiger partial charge in [-0.2, -0.15) is 0 Å². The Balaban J connectivity index is 2.78. The van der Waals surface area contributed by atoms with Crippen molar-refractivity contribution >= 4 is 5.97 Å². The summed E-state index contributed by atoms with van der Waals surface area (Å²) in [4.78, 5) is 10.8. The highest BCUT2D eigenvalue weighted by atomic mass is 16.5. The van der Waals surface area contributed by atoms with E-state index in [0.717, 1.165) is 0 Å². The Kier molecular flexibility index (Phi) is 2.82. The smallest absolute Gasteiger partial charge is 0.339 e. The molecular formula is C9H9O3. The molecule has 0 aliphatic rings. The fourth-order valence-electron chi connectivity index (χ4n) is 0.850. The van der Waals surface area contributed by atoms with E-state index in [0.29, 0.717) is 5.56 Å². The van der Waals surface area contributed by atoms with Crippen molar-refractivity contribution in [1.82, 2.24) is 0 Å². The predicted molar refractivity (Wildman–Crippen MR) is 42.9 cm³/mol. The molecule has 0 heterocycles. The van der Waals surface area contributed by atoms with Gasteiger partial charge in [0, 0.05) is 0 Å². The van der Waals surface area contributed by atoms with Gasteiger partial charge in [-0.15, -0.1) is 0 Å². The lowest BCUT2D eigenvalue weighted by Crippen LogP contribution is -2.12. The Morgan fingerprint density at radius 1 is 1.42 bits per heavy atom. The van der Waals surface area contributed by atoms with Crippen LogP contribution in [-0.2, 0) is 9.53 Å². The van der Waals surface area contributed by atoms with E-state index in [-0.39, 0.29) is 0 Å². The molecule has 0 aliphatic heterocycles. The van der Waals surface area contributed by atoms with Crippen LogP contribution in [0.15, 0.2) is 30.3 Å². The minimum absolute atomic E-state index is 0.506. The molecule has 0 saturated carbocycles. The second kappa shape index (κ2) is 3.88. The van der Waals surface area contributed by atoms with E-state index in [4.69, 9.17) is 0 Å². The van der Waals surface area contributed by atoms with Crippen LogP contribution in [0.25, 0.3) is 0 Å². The van der Waals surface area contributed by atoms with Crippen LogP contribution in [0.4, 0.5) is 0 Å². The molecule has 63 valence electrons. The summed E-state index contributed by atoms with van der Waals surface area (Å²) in [7, 11) is 2.92. The second-order valence-corrected chi connectivity index (χ2v) is 2.28. The number of carbonyl (C=O) groups is 1. The van der Waals surface area contributed by atoms with Crippen molar-refractivity contribution in [2.45, 2.75) is 6.10 Å². The number of aliphatic hydroxyl groups excluding tert-OH is 1. The second-order valence-electron chi connectivity index (χ2n) is 2.28. The van der Waals surface area contributed by atoms with Gasteiger partial charge in [0.2, 0.25) is 0 Å². The van der Waals surface area contributed by atoms with Gasteiger partial charge in [0.15, 0.2) is 6.10 Å². The van der Waals surface area contributed by atoms with Crippen LogP contribution in [0.5, 0.6) is 0 Å². The highest BCUT2D eigenvalue weighted by Crippen LogP contribution is 2.12. The fourth-order valence-corrected chi connectivity index (χ4v) is 0.850. The maximum Gasteiger partial charge on any atom is 0.339 e. The van der Waals surface area contributed by atoms with Crippen LogP contribution < -0.4 is 0 Å². The first-order valence-corrected chi connectivity index (χ1v) is 3.44. The maximum atomic E-state index is 10.8. The molecule has 0 spiro atoms. The van der Waals surface area contributed by atoms with Crippen LogP contribution >= 0.6 is 0 Å². The van der Waals surface area contributed by atoms with E-state index >= 15 is 0 Å². The summed E-state index contributed by atoms with van der Waals surface area (Å²) in [5.41, 5.74) is 0.506. The third kappa shape index (κ3) is 1.83. The number of hydrogen-bond acceptors (Lipinski definition) is 3. The largest absolute Gasteiger partial charge is 0.460 e. The zero-order valence-corrected chi connectivity index (χ0v) is 6.43. The molecule has 0 bridgehead atoms. The summed E-state index contributed by atoms with van der Waals surface area (Å²) in [6, 6.07) is 8.54. The van der Waals surface area contributed by atoms with E-state index in [2.05, 4.69) is 11.8 Å². The maximum absolute atomic E-state index is 10.8. The van der Waals surface area contributed by atoms with Crippen LogP contribution in [0, 0.1) is 7.11 Å². The highest BCUT2D eigenvalue weighted by Gasteiger charge is 2.16. The molecule has 1 aromatic carbocycles. The number of carbonyl (C=O) groups excluding carboxylic acids is 1. The monoisotopic (exact) mass is 165 g/mol. The van der Waals surface area contributed by atoms with Gasteiger partial charge in [-0.1, -0.05) is 30.3 Å². The minimum Gasteiger partial charge on any atom is -0.460 e. The first kappa shape index (κ1) is 8.74. The molecule has 3 heteroatoms.